The summed E-state index contributed by atoms with van der Waals surface area (Å²) in [7, 11) is 1.78. The van der Waals surface area contributed by atoms with Crippen LogP contribution in [0.2, 0.25) is 0 Å². The first-order valence-corrected chi connectivity index (χ1v) is 9.15. The molecule has 5 nitrogen and oxygen atoms in total. The number of pyridine rings is 1. The van der Waals surface area contributed by atoms with E-state index in [1.54, 1.807) is 24.1 Å². The maximum atomic E-state index is 12.4. The molecule has 1 N–H and O–H groups in total. The summed E-state index contributed by atoms with van der Waals surface area (Å²) >= 11 is 0. The summed E-state index contributed by atoms with van der Waals surface area (Å²) in [5.74, 6) is -0.331. The van der Waals surface area contributed by atoms with Crippen molar-refractivity contribution in [2.75, 3.05) is 20.1 Å². The van der Waals surface area contributed by atoms with Crippen molar-refractivity contribution in [1.82, 2.24) is 15.2 Å². The van der Waals surface area contributed by atoms with Gasteiger partial charge in [0.15, 0.2) is 0 Å². The van der Waals surface area contributed by atoms with Crippen molar-refractivity contribution in [3.63, 3.8) is 0 Å². The lowest BCUT2D eigenvalue weighted by atomic mass is 10.1. The van der Waals surface area contributed by atoms with E-state index >= 15 is 0 Å². The first-order valence-electron chi connectivity index (χ1n) is 9.15. The fourth-order valence-corrected chi connectivity index (χ4v) is 2.63. The van der Waals surface area contributed by atoms with Crippen LogP contribution in [0.1, 0.15) is 52.6 Å². The van der Waals surface area contributed by atoms with Crippen LogP contribution in [-0.2, 0) is 6.42 Å². The third-order valence-corrected chi connectivity index (χ3v) is 4.20. The number of hydrogen-bond donors (Lipinski definition) is 1. The Hall–Kier alpha value is -2.69. The minimum atomic E-state index is -0.246. The number of nitrogens with one attached hydrogen (secondary N) is 1. The van der Waals surface area contributed by atoms with E-state index in [0.29, 0.717) is 18.7 Å². The summed E-state index contributed by atoms with van der Waals surface area (Å²) in [5.41, 5.74) is 2.02. The van der Waals surface area contributed by atoms with Gasteiger partial charge in [0.1, 0.15) is 5.69 Å². The molecule has 0 aliphatic heterocycles. The standard InChI is InChI=1S/C21H27N3O2/c1-3-4-15-24(2)21(26)18-12-14-22-19(16-18)20(25)23-13-8-11-17-9-6-5-7-10-17/h5-7,9-10,12,14,16H,3-4,8,11,13,15H2,1-2H3,(H,23,25). The molecule has 5 heteroatoms. The highest BCUT2D eigenvalue weighted by Crippen LogP contribution is 2.07. The van der Waals surface area contributed by atoms with Crippen molar-refractivity contribution in [2.45, 2.75) is 32.6 Å². The molecule has 0 bridgehead atoms. The fourth-order valence-electron chi connectivity index (χ4n) is 2.63. The highest BCUT2D eigenvalue weighted by atomic mass is 16.2. The topological polar surface area (TPSA) is 62.3 Å². The van der Waals surface area contributed by atoms with E-state index in [1.807, 2.05) is 18.2 Å². The van der Waals surface area contributed by atoms with Gasteiger partial charge in [-0.2, -0.15) is 0 Å². The number of aryl methyl sites for hydroxylation is 1. The first-order chi connectivity index (χ1) is 12.6. The van der Waals surface area contributed by atoms with Crippen LogP contribution in [-0.4, -0.2) is 41.8 Å². The van der Waals surface area contributed by atoms with Crippen molar-refractivity contribution >= 4 is 11.8 Å². The van der Waals surface area contributed by atoms with Crippen LogP contribution in [0.5, 0.6) is 0 Å². The van der Waals surface area contributed by atoms with E-state index in [2.05, 4.69) is 29.4 Å². The van der Waals surface area contributed by atoms with E-state index in [1.165, 1.54) is 11.8 Å². The summed E-state index contributed by atoms with van der Waals surface area (Å²) in [4.78, 5) is 30.5. The molecule has 0 radical (unpaired) electrons. The highest BCUT2D eigenvalue weighted by Gasteiger charge is 2.14. The first kappa shape index (κ1) is 19.6. The van der Waals surface area contributed by atoms with E-state index < -0.39 is 0 Å². The summed E-state index contributed by atoms with van der Waals surface area (Å²) in [5, 5.41) is 2.87. The zero-order valence-electron chi connectivity index (χ0n) is 15.6. The molecule has 0 saturated carbocycles. The zero-order valence-corrected chi connectivity index (χ0v) is 15.6. The Balaban J connectivity index is 1.86. The molecular weight excluding hydrogens is 326 g/mol. The van der Waals surface area contributed by atoms with Crippen LogP contribution in [0.3, 0.4) is 0 Å². The lowest BCUT2D eigenvalue weighted by Gasteiger charge is -2.16. The summed E-state index contributed by atoms with van der Waals surface area (Å²) in [6.45, 7) is 3.37. The van der Waals surface area contributed by atoms with Crippen molar-refractivity contribution < 1.29 is 9.59 Å². The second-order valence-corrected chi connectivity index (χ2v) is 6.36. The monoisotopic (exact) mass is 353 g/mol. The van der Waals surface area contributed by atoms with Gasteiger partial charge in [-0.1, -0.05) is 43.7 Å². The maximum absolute atomic E-state index is 12.4. The summed E-state index contributed by atoms with van der Waals surface area (Å²) in [6.07, 6.45) is 5.27. The molecule has 138 valence electrons. The predicted octanol–water partition coefficient (Wildman–Crippen LogP) is 3.32. The van der Waals surface area contributed by atoms with Gasteiger partial charge in [0.05, 0.1) is 0 Å². The molecule has 0 unspecified atom stereocenters. The van der Waals surface area contributed by atoms with Gasteiger partial charge in [-0.05, 0) is 37.0 Å². The number of carbonyl (C=O) groups is 2. The molecule has 0 fully saturated rings. The molecule has 0 atom stereocenters. The number of aromatic nitrogens is 1. The zero-order chi connectivity index (χ0) is 18.8. The molecule has 0 aliphatic rings. The molecule has 1 aromatic heterocycles. The number of carbonyl (C=O) groups excluding carboxylic acids is 2. The Kier molecular flexibility index (Phi) is 7.80. The smallest absolute Gasteiger partial charge is 0.269 e. The van der Waals surface area contributed by atoms with Gasteiger partial charge in [-0.25, -0.2) is 0 Å². The molecule has 2 rings (SSSR count). The van der Waals surface area contributed by atoms with Crippen LogP contribution in [0, 0.1) is 0 Å². The van der Waals surface area contributed by atoms with Crippen molar-refractivity contribution in [2.24, 2.45) is 0 Å². The van der Waals surface area contributed by atoms with Crippen molar-refractivity contribution in [3.8, 4) is 0 Å². The Bertz CT molecular complexity index is 716. The Morgan fingerprint density at radius 1 is 1.12 bits per heavy atom. The van der Waals surface area contributed by atoms with Gasteiger partial charge in [0.25, 0.3) is 11.8 Å². The summed E-state index contributed by atoms with van der Waals surface area (Å²) in [6, 6.07) is 13.4. The van der Waals surface area contributed by atoms with E-state index in [9.17, 15) is 9.59 Å². The second-order valence-electron chi connectivity index (χ2n) is 6.36. The minimum absolute atomic E-state index is 0.0843. The van der Waals surface area contributed by atoms with Gasteiger partial charge >= 0.3 is 0 Å². The predicted molar refractivity (Wildman–Crippen MR) is 103 cm³/mol. The van der Waals surface area contributed by atoms with Crippen LogP contribution >= 0.6 is 0 Å². The quantitative estimate of drug-likeness (QED) is 0.704. The van der Waals surface area contributed by atoms with Gasteiger partial charge in [-0.15, -0.1) is 0 Å². The van der Waals surface area contributed by atoms with Gasteiger partial charge < -0.3 is 10.2 Å². The van der Waals surface area contributed by atoms with Gasteiger partial charge in [0.2, 0.25) is 0 Å². The Labute approximate surface area is 155 Å². The summed E-state index contributed by atoms with van der Waals surface area (Å²) < 4.78 is 0. The maximum Gasteiger partial charge on any atom is 0.269 e. The molecule has 2 aromatic rings. The Morgan fingerprint density at radius 3 is 2.62 bits per heavy atom. The van der Waals surface area contributed by atoms with E-state index in [-0.39, 0.29) is 17.5 Å². The number of rotatable bonds is 9. The normalized spacial score (nSPS) is 10.4. The molecule has 0 saturated heterocycles. The molecule has 1 heterocycles. The van der Waals surface area contributed by atoms with Gasteiger partial charge in [-0.3, -0.25) is 14.6 Å². The molecule has 26 heavy (non-hydrogen) atoms. The van der Waals surface area contributed by atoms with Gasteiger partial charge in [0, 0.05) is 31.9 Å². The minimum Gasteiger partial charge on any atom is -0.351 e. The highest BCUT2D eigenvalue weighted by molar-refractivity contribution is 5.98. The third-order valence-electron chi connectivity index (χ3n) is 4.20. The fraction of sp³-hybridized carbons (Fsp3) is 0.381. The second kappa shape index (κ2) is 10.3. The average molecular weight is 353 g/mol. The van der Waals surface area contributed by atoms with Crippen LogP contribution < -0.4 is 5.32 Å². The third kappa shape index (κ3) is 5.99. The number of amides is 2. The van der Waals surface area contributed by atoms with E-state index in [4.69, 9.17) is 0 Å². The number of nitrogens with zero attached hydrogens (tertiary/aromatic N) is 2. The van der Waals surface area contributed by atoms with E-state index in [0.717, 1.165) is 25.7 Å². The SMILES string of the molecule is CCCCN(C)C(=O)c1ccnc(C(=O)NCCCc2ccccc2)c1. The average Bonchev–Trinajstić information content (AvgIpc) is 2.69. The lowest BCUT2D eigenvalue weighted by Crippen LogP contribution is -2.29. The molecular formula is C21H27N3O2. The number of hydrogen-bond acceptors (Lipinski definition) is 3. The van der Waals surface area contributed by atoms with Crippen LogP contribution in [0.25, 0.3) is 0 Å². The van der Waals surface area contributed by atoms with Crippen molar-refractivity contribution in [3.05, 3.63) is 65.5 Å². The van der Waals surface area contributed by atoms with Crippen LogP contribution in [0.15, 0.2) is 48.7 Å². The molecule has 0 spiro atoms. The van der Waals surface area contributed by atoms with Crippen molar-refractivity contribution in [1.29, 1.82) is 0 Å². The largest absolute Gasteiger partial charge is 0.351 e. The lowest BCUT2D eigenvalue weighted by molar-refractivity contribution is 0.0793. The number of benzene rings is 1. The Morgan fingerprint density at radius 2 is 1.88 bits per heavy atom. The number of unbranched alkanes of at least 4 members (excludes halogenated alkanes) is 1. The molecule has 2 amide bonds. The molecule has 0 aliphatic carbocycles. The molecule has 1 aromatic carbocycles. The van der Waals surface area contributed by atoms with Crippen LogP contribution in [0.4, 0.5) is 0 Å².